The molecule has 2 unspecified atom stereocenters. The maximum Gasteiger partial charge on any atom is 0.0805 e. The summed E-state index contributed by atoms with van der Waals surface area (Å²) in [5.41, 5.74) is 5.02. The Labute approximate surface area is 120 Å². The summed E-state index contributed by atoms with van der Waals surface area (Å²) in [5, 5.41) is 1.12. The summed E-state index contributed by atoms with van der Waals surface area (Å²) in [7, 11) is 0. The maximum atomic E-state index is 5.86. The summed E-state index contributed by atoms with van der Waals surface area (Å²) in [5.74, 6) is 6.15. The number of nitrogens with two attached hydrogens (primary N) is 1. The van der Waals surface area contributed by atoms with Gasteiger partial charge in [0.25, 0.3) is 0 Å². The first-order chi connectivity index (χ1) is 9.67. The molecule has 1 aromatic heterocycles. The Morgan fingerprint density at radius 1 is 1.30 bits per heavy atom. The van der Waals surface area contributed by atoms with E-state index in [1.165, 1.54) is 0 Å². The number of ether oxygens (including phenoxy) is 1. The molecule has 1 aromatic carbocycles. The van der Waals surface area contributed by atoms with Gasteiger partial charge in [0.1, 0.15) is 0 Å². The highest BCUT2D eigenvalue weighted by molar-refractivity contribution is 5.79. The number of fused-ring (bicyclic) bond motifs is 1. The molecule has 0 spiro atoms. The number of hydrogen-bond acceptors (Lipinski definition) is 4. The van der Waals surface area contributed by atoms with E-state index in [1.807, 2.05) is 19.1 Å². The molecule has 0 bridgehead atoms. The summed E-state index contributed by atoms with van der Waals surface area (Å²) < 4.78 is 5.86. The Morgan fingerprint density at radius 3 is 2.75 bits per heavy atom. The predicted molar refractivity (Wildman–Crippen MR) is 82.1 cm³/mol. The van der Waals surface area contributed by atoms with E-state index in [0.29, 0.717) is 12.5 Å². The Bertz CT molecular complexity index is 556. The topological polar surface area (TPSA) is 60.2 Å². The first-order valence-corrected chi connectivity index (χ1v) is 7.09. The summed E-state index contributed by atoms with van der Waals surface area (Å²) in [6.07, 6.45) is 1.84. The molecule has 2 aromatic rings. The second-order valence-corrected chi connectivity index (χ2v) is 5.26. The molecule has 0 aliphatic heterocycles. The molecule has 4 heteroatoms. The van der Waals surface area contributed by atoms with E-state index in [-0.39, 0.29) is 12.1 Å². The minimum absolute atomic E-state index is 0.0282. The number of hydrogen-bond donors (Lipinski definition) is 2. The van der Waals surface area contributed by atoms with Crippen molar-refractivity contribution in [2.24, 2.45) is 11.8 Å². The summed E-state index contributed by atoms with van der Waals surface area (Å²) in [6, 6.07) is 10.2. The number of rotatable bonds is 6. The van der Waals surface area contributed by atoms with Crippen LogP contribution in [0.4, 0.5) is 0 Å². The zero-order valence-corrected chi connectivity index (χ0v) is 12.3. The molecule has 2 rings (SSSR count). The Morgan fingerprint density at radius 2 is 2.10 bits per heavy atom. The minimum atomic E-state index is -0.0282. The number of nitrogens with one attached hydrogen (secondary N) is 1. The van der Waals surface area contributed by atoms with E-state index in [1.54, 1.807) is 6.20 Å². The molecule has 20 heavy (non-hydrogen) atoms. The number of benzene rings is 1. The molecule has 0 saturated heterocycles. The summed E-state index contributed by atoms with van der Waals surface area (Å²) in [4.78, 5) is 4.34. The van der Waals surface area contributed by atoms with Crippen LogP contribution in [0.1, 0.15) is 32.4 Å². The van der Waals surface area contributed by atoms with Gasteiger partial charge in [-0.3, -0.25) is 16.3 Å². The fraction of sp³-hybridized carbons (Fsp3) is 0.438. The van der Waals surface area contributed by atoms with Gasteiger partial charge in [-0.1, -0.05) is 26.0 Å². The number of pyridine rings is 1. The van der Waals surface area contributed by atoms with Gasteiger partial charge in [-0.05, 0) is 36.6 Å². The zero-order chi connectivity index (χ0) is 14.5. The van der Waals surface area contributed by atoms with E-state index in [9.17, 15) is 0 Å². The molecular weight excluding hydrogens is 250 g/mol. The van der Waals surface area contributed by atoms with Gasteiger partial charge in [0.2, 0.25) is 0 Å². The lowest BCUT2D eigenvalue weighted by Gasteiger charge is -2.30. The summed E-state index contributed by atoms with van der Waals surface area (Å²) in [6.45, 7) is 6.98. The predicted octanol–water partition coefficient (Wildman–Crippen LogP) is 2.80. The molecular formula is C16H23N3O. The van der Waals surface area contributed by atoms with E-state index >= 15 is 0 Å². The van der Waals surface area contributed by atoms with Crippen LogP contribution < -0.4 is 11.3 Å². The summed E-state index contributed by atoms with van der Waals surface area (Å²) >= 11 is 0. The third kappa shape index (κ3) is 3.15. The quantitative estimate of drug-likeness (QED) is 0.627. The van der Waals surface area contributed by atoms with E-state index < -0.39 is 0 Å². The van der Waals surface area contributed by atoms with Gasteiger partial charge in [0, 0.05) is 18.2 Å². The van der Waals surface area contributed by atoms with Crippen LogP contribution in [0, 0.1) is 5.92 Å². The monoisotopic (exact) mass is 273 g/mol. The molecule has 0 saturated carbocycles. The standard InChI is InChI=1S/C16H23N3O/c1-4-20-16(11(2)3)15(19-17)13-7-8-14-12(10-13)6-5-9-18-14/h5-11,15-16,19H,4,17H2,1-3H3. The molecule has 3 N–H and O–H groups in total. The van der Waals surface area contributed by atoms with Crippen LogP contribution in [0.15, 0.2) is 36.5 Å². The smallest absolute Gasteiger partial charge is 0.0805 e. The fourth-order valence-corrected chi connectivity index (χ4v) is 2.53. The zero-order valence-electron chi connectivity index (χ0n) is 12.3. The van der Waals surface area contributed by atoms with Crippen LogP contribution in [0.3, 0.4) is 0 Å². The highest BCUT2D eigenvalue weighted by Crippen LogP contribution is 2.26. The van der Waals surface area contributed by atoms with Crippen molar-refractivity contribution in [2.75, 3.05) is 6.61 Å². The second-order valence-electron chi connectivity index (χ2n) is 5.26. The van der Waals surface area contributed by atoms with Crippen LogP contribution in [0.5, 0.6) is 0 Å². The van der Waals surface area contributed by atoms with Crippen molar-refractivity contribution in [3.05, 3.63) is 42.1 Å². The number of aromatic nitrogens is 1. The van der Waals surface area contributed by atoms with E-state index in [2.05, 4.69) is 42.5 Å². The fourth-order valence-electron chi connectivity index (χ4n) is 2.53. The Balaban J connectivity index is 2.37. The first-order valence-electron chi connectivity index (χ1n) is 7.09. The highest BCUT2D eigenvalue weighted by Gasteiger charge is 2.25. The molecule has 2 atom stereocenters. The average Bonchev–Trinajstić information content (AvgIpc) is 2.47. The van der Waals surface area contributed by atoms with Crippen molar-refractivity contribution < 1.29 is 4.74 Å². The van der Waals surface area contributed by atoms with Crippen molar-refractivity contribution in [2.45, 2.75) is 32.9 Å². The van der Waals surface area contributed by atoms with Crippen LogP contribution >= 0.6 is 0 Å². The highest BCUT2D eigenvalue weighted by atomic mass is 16.5. The molecule has 1 heterocycles. The SMILES string of the molecule is CCOC(C(C)C)C(NN)c1ccc2ncccc2c1. The van der Waals surface area contributed by atoms with Gasteiger partial charge in [-0.2, -0.15) is 0 Å². The molecule has 0 aliphatic rings. The largest absolute Gasteiger partial charge is 0.376 e. The van der Waals surface area contributed by atoms with Crippen LogP contribution in [-0.4, -0.2) is 17.7 Å². The normalized spacial score (nSPS) is 14.7. The van der Waals surface area contributed by atoms with Crippen molar-refractivity contribution >= 4 is 10.9 Å². The lowest BCUT2D eigenvalue weighted by Crippen LogP contribution is -2.40. The van der Waals surface area contributed by atoms with Gasteiger partial charge >= 0.3 is 0 Å². The second kappa shape index (κ2) is 6.79. The van der Waals surface area contributed by atoms with Gasteiger partial charge in [0.15, 0.2) is 0 Å². The molecule has 108 valence electrons. The van der Waals surface area contributed by atoms with Gasteiger partial charge in [-0.25, -0.2) is 0 Å². The molecule has 0 radical (unpaired) electrons. The minimum Gasteiger partial charge on any atom is -0.376 e. The molecule has 0 aliphatic carbocycles. The molecule has 0 fully saturated rings. The van der Waals surface area contributed by atoms with Crippen molar-refractivity contribution in [1.29, 1.82) is 0 Å². The number of hydrazine groups is 1. The average molecular weight is 273 g/mol. The third-order valence-corrected chi connectivity index (χ3v) is 3.51. The van der Waals surface area contributed by atoms with Crippen LogP contribution in [-0.2, 0) is 4.74 Å². The van der Waals surface area contributed by atoms with Gasteiger partial charge < -0.3 is 4.74 Å². The third-order valence-electron chi connectivity index (χ3n) is 3.51. The lowest BCUT2D eigenvalue weighted by molar-refractivity contribution is 0.00280. The molecule has 4 nitrogen and oxygen atoms in total. The maximum absolute atomic E-state index is 5.86. The first kappa shape index (κ1) is 14.9. The van der Waals surface area contributed by atoms with Crippen LogP contribution in [0.2, 0.25) is 0 Å². The Kier molecular flexibility index (Phi) is 5.06. The van der Waals surface area contributed by atoms with Gasteiger partial charge in [-0.15, -0.1) is 0 Å². The van der Waals surface area contributed by atoms with Gasteiger partial charge in [0.05, 0.1) is 17.7 Å². The molecule has 0 amide bonds. The van der Waals surface area contributed by atoms with E-state index in [4.69, 9.17) is 10.6 Å². The van der Waals surface area contributed by atoms with Crippen molar-refractivity contribution in [3.63, 3.8) is 0 Å². The van der Waals surface area contributed by atoms with Crippen molar-refractivity contribution in [1.82, 2.24) is 10.4 Å². The number of nitrogens with zero attached hydrogens (tertiary/aromatic N) is 1. The van der Waals surface area contributed by atoms with E-state index in [0.717, 1.165) is 16.5 Å². The Hall–Kier alpha value is -1.49. The van der Waals surface area contributed by atoms with Crippen molar-refractivity contribution in [3.8, 4) is 0 Å². The lowest BCUT2D eigenvalue weighted by atomic mass is 9.93. The van der Waals surface area contributed by atoms with Crippen LogP contribution in [0.25, 0.3) is 10.9 Å².